The van der Waals surface area contributed by atoms with Crippen molar-refractivity contribution in [2.45, 2.75) is 19.9 Å². The van der Waals surface area contributed by atoms with Crippen LogP contribution in [0.1, 0.15) is 13.8 Å². The SMILES string of the molecule is COc1ncc(F)cc1NC(C)C. The standard InChI is InChI=1S/C9H13FN2O/c1-6(2)12-8-4-7(10)5-11-9(8)13-3/h4-6,12H,1-3H3. The summed E-state index contributed by atoms with van der Waals surface area (Å²) in [5.41, 5.74) is 0.581. The number of pyridine rings is 1. The van der Waals surface area contributed by atoms with Crippen LogP contribution in [-0.2, 0) is 0 Å². The van der Waals surface area contributed by atoms with E-state index in [-0.39, 0.29) is 11.9 Å². The zero-order valence-electron chi connectivity index (χ0n) is 7.97. The summed E-state index contributed by atoms with van der Waals surface area (Å²) in [4.78, 5) is 3.79. The Hall–Kier alpha value is -1.32. The summed E-state index contributed by atoms with van der Waals surface area (Å²) in [6.45, 7) is 3.93. The minimum atomic E-state index is -0.371. The largest absolute Gasteiger partial charge is 0.480 e. The summed E-state index contributed by atoms with van der Waals surface area (Å²) in [6.07, 6.45) is 1.13. The van der Waals surface area contributed by atoms with Crippen LogP contribution in [0.25, 0.3) is 0 Å². The lowest BCUT2D eigenvalue weighted by molar-refractivity contribution is 0.397. The van der Waals surface area contributed by atoms with Crippen molar-refractivity contribution in [3.8, 4) is 5.88 Å². The molecule has 1 heterocycles. The van der Waals surface area contributed by atoms with Crippen LogP contribution in [0.2, 0.25) is 0 Å². The van der Waals surface area contributed by atoms with E-state index < -0.39 is 0 Å². The second-order valence-electron chi connectivity index (χ2n) is 3.01. The number of halogens is 1. The van der Waals surface area contributed by atoms with Crippen molar-refractivity contribution < 1.29 is 9.13 Å². The van der Waals surface area contributed by atoms with E-state index in [9.17, 15) is 4.39 Å². The van der Waals surface area contributed by atoms with Crippen molar-refractivity contribution in [1.29, 1.82) is 0 Å². The molecule has 1 aromatic heterocycles. The van der Waals surface area contributed by atoms with Gasteiger partial charge >= 0.3 is 0 Å². The molecule has 0 aromatic carbocycles. The molecule has 1 rings (SSSR count). The molecule has 0 atom stereocenters. The minimum absolute atomic E-state index is 0.220. The van der Waals surface area contributed by atoms with Crippen LogP contribution >= 0.6 is 0 Å². The number of aromatic nitrogens is 1. The van der Waals surface area contributed by atoms with Gasteiger partial charge < -0.3 is 10.1 Å². The molecule has 0 saturated heterocycles. The summed E-state index contributed by atoms with van der Waals surface area (Å²) < 4.78 is 17.7. The van der Waals surface area contributed by atoms with Crippen LogP contribution in [0.3, 0.4) is 0 Å². The number of nitrogens with one attached hydrogen (secondary N) is 1. The Morgan fingerprint density at radius 1 is 1.54 bits per heavy atom. The third kappa shape index (κ3) is 2.57. The van der Waals surface area contributed by atoms with Gasteiger partial charge in [0.25, 0.3) is 0 Å². The molecule has 3 nitrogen and oxygen atoms in total. The normalized spacial score (nSPS) is 10.2. The molecule has 0 bridgehead atoms. The van der Waals surface area contributed by atoms with Crippen molar-refractivity contribution in [3.05, 3.63) is 18.1 Å². The Labute approximate surface area is 76.9 Å². The van der Waals surface area contributed by atoms with E-state index in [1.807, 2.05) is 13.8 Å². The summed E-state index contributed by atoms with van der Waals surface area (Å²) in [5.74, 6) is 0.0408. The molecule has 0 aliphatic carbocycles. The Bertz CT molecular complexity index is 289. The lowest BCUT2D eigenvalue weighted by atomic mass is 10.3. The number of rotatable bonds is 3. The third-order valence-electron chi connectivity index (χ3n) is 1.46. The van der Waals surface area contributed by atoms with Crippen molar-refractivity contribution >= 4 is 5.69 Å². The van der Waals surface area contributed by atoms with Crippen LogP contribution in [0.15, 0.2) is 12.3 Å². The molecular weight excluding hydrogens is 171 g/mol. The predicted molar refractivity (Wildman–Crippen MR) is 49.5 cm³/mol. The molecule has 0 unspecified atom stereocenters. The number of hydrogen-bond donors (Lipinski definition) is 1. The molecule has 13 heavy (non-hydrogen) atoms. The first-order valence-electron chi connectivity index (χ1n) is 4.09. The third-order valence-corrected chi connectivity index (χ3v) is 1.46. The van der Waals surface area contributed by atoms with Crippen LogP contribution in [0, 0.1) is 5.82 Å². The fourth-order valence-corrected chi connectivity index (χ4v) is 1.00. The van der Waals surface area contributed by atoms with E-state index in [1.165, 1.54) is 13.2 Å². The summed E-state index contributed by atoms with van der Waals surface area (Å²) >= 11 is 0. The van der Waals surface area contributed by atoms with E-state index in [4.69, 9.17) is 4.74 Å². The first-order valence-corrected chi connectivity index (χ1v) is 4.09. The van der Waals surface area contributed by atoms with Gasteiger partial charge in [-0.05, 0) is 13.8 Å². The lowest BCUT2D eigenvalue weighted by Crippen LogP contribution is -2.11. The van der Waals surface area contributed by atoms with E-state index in [1.54, 1.807) is 0 Å². The highest BCUT2D eigenvalue weighted by atomic mass is 19.1. The minimum Gasteiger partial charge on any atom is -0.480 e. The van der Waals surface area contributed by atoms with Crippen molar-refractivity contribution in [2.24, 2.45) is 0 Å². The van der Waals surface area contributed by atoms with Crippen LogP contribution < -0.4 is 10.1 Å². The molecule has 1 N–H and O–H groups in total. The molecule has 0 spiro atoms. The van der Waals surface area contributed by atoms with E-state index in [0.717, 1.165) is 6.20 Å². The number of hydrogen-bond acceptors (Lipinski definition) is 3. The number of nitrogens with zero attached hydrogens (tertiary/aromatic N) is 1. The second kappa shape index (κ2) is 4.07. The van der Waals surface area contributed by atoms with Crippen molar-refractivity contribution in [1.82, 2.24) is 4.98 Å². The Morgan fingerprint density at radius 2 is 2.23 bits per heavy atom. The number of anilines is 1. The van der Waals surface area contributed by atoms with E-state index in [0.29, 0.717) is 11.6 Å². The maximum absolute atomic E-state index is 12.8. The lowest BCUT2D eigenvalue weighted by Gasteiger charge is -2.12. The highest BCUT2D eigenvalue weighted by Crippen LogP contribution is 2.22. The topological polar surface area (TPSA) is 34.1 Å². The van der Waals surface area contributed by atoms with Crippen molar-refractivity contribution in [2.75, 3.05) is 12.4 Å². The molecule has 0 aliphatic rings. The molecular formula is C9H13FN2O. The van der Waals surface area contributed by atoms with Gasteiger partial charge in [0.1, 0.15) is 11.5 Å². The Morgan fingerprint density at radius 3 is 2.77 bits per heavy atom. The fourth-order valence-electron chi connectivity index (χ4n) is 1.00. The van der Waals surface area contributed by atoms with Gasteiger partial charge in [-0.3, -0.25) is 0 Å². The maximum Gasteiger partial charge on any atom is 0.237 e. The first-order chi connectivity index (χ1) is 6.13. The van der Waals surface area contributed by atoms with Gasteiger partial charge in [-0.25, -0.2) is 9.37 Å². The monoisotopic (exact) mass is 184 g/mol. The average molecular weight is 184 g/mol. The van der Waals surface area contributed by atoms with Gasteiger partial charge in [0, 0.05) is 12.1 Å². The Kier molecular flexibility index (Phi) is 3.06. The van der Waals surface area contributed by atoms with Gasteiger partial charge in [0.2, 0.25) is 5.88 Å². The van der Waals surface area contributed by atoms with Gasteiger partial charge in [-0.2, -0.15) is 0 Å². The summed E-state index contributed by atoms with van der Waals surface area (Å²) in [5, 5.41) is 3.04. The molecule has 0 aliphatic heterocycles. The molecule has 0 fully saturated rings. The highest BCUT2D eigenvalue weighted by molar-refractivity contribution is 5.52. The fraction of sp³-hybridized carbons (Fsp3) is 0.444. The van der Waals surface area contributed by atoms with Crippen LogP contribution in [0.5, 0.6) is 5.88 Å². The number of methoxy groups -OCH3 is 1. The Balaban J connectivity index is 2.94. The second-order valence-corrected chi connectivity index (χ2v) is 3.01. The van der Waals surface area contributed by atoms with Gasteiger partial charge in [-0.15, -0.1) is 0 Å². The van der Waals surface area contributed by atoms with Gasteiger partial charge in [0.15, 0.2) is 0 Å². The van der Waals surface area contributed by atoms with E-state index in [2.05, 4.69) is 10.3 Å². The van der Waals surface area contributed by atoms with Crippen LogP contribution in [-0.4, -0.2) is 18.1 Å². The van der Waals surface area contributed by atoms with Crippen LogP contribution in [0.4, 0.5) is 10.1 Å². The van der Waals surface area contributed by atoms with E-state index >= 15 is 0 Å². The average Bonchev–Trinajstić information content (AvgIpc) is 2.03. The molecule has 4 heteroatoms. The smallest absolute Gasteiger partial charge is 0.237 e. The molecule has 0 amide bonds. The van der Waals surface area contributed by atoms with Gasteiger partial charge in [-0.1, -0.05) is 0 Å². The number of ether oxygens (including phenoxy) is 1. The van der Waals surface area contributed by atoms with Crippen molar-refractivity contribution in [3.63, 3.8) is 0 Å². The first kappa shape index (κ1) is 9.77. The summed E-state index contributed by atoms with van der Waals surface area (Å²) in [6, 6.07) is 1.59. The van der Waals surface area contributed by atoms with Gasteiger partial charge in [0.05, 0.1) is 13.3 Å². The zero-order chi connectivity index (χ0) is 9.84. The highest BCUT2D eigenvalue weighted by Gasteiger charge is 2.06. The maximum atomic E-state index is 12.8. The molecule has 1 aromatic rings. The zero-order valence-corrected chi connectivity index (χ0v) is 7.97. The molecule has 0 saturated carbocycles. The summed E-state index contributed by atoms with van der Waals surface area (Å²) in [7, 11) is 1.51. The molecule has 0 radical (unpaired) electrons. The molecule has 72 valence electrons. The predicted octanol–water partition coefficient (Wildman–Crippen LogP) is 2.05. The quantitative estimate of drug-likeness (QED) is 0.780.